The lowest BCUT2D eigenvalue weighted by Crippen LogP contribution is -2.65. The third-order valence-corrected chi connectivity index (χ3v) is 7.18. The van der Waals surface area contributed by atoms with Crippen molar-refractivity contribution in [3.05, 3.63) is 0 Å². The van der Waals surface area contributed by atoms with E-state index in [-0.39, 0.29) is 5.91 Å². The summed E-state index contributed by atoms with van der Waals surface area (Å²) in [6.07, 6.45) is 9.75. The minimum Gasteiger partial charge on any atom is -0.378 e. The monoisotopic (exact) mass is 421 g/mol. The van der Waals surface area contributed by atoms with E-state index in [0.29, 0.717) is 30.1 Å². The number of carbonyl (C=O) groups excluding carboxylic acids is 1. The zero-order valence-corrected chi connectivity index (χ0v) is 19.3. The molecule has 2 saturated carbocycles. The Morgan fingerprint density at radius 2 is 1.87 bits per heavy atom. The molecule has 0 aromatic rings. The zero-order chi connectivity index (χ0) is 21.4. The summed E-state index contributed by atoms with van der Waals surface area (Å²) in [6.45, 7) is 11.1. The molecular formula is C23H43N5O2. The van der Waals surface area contributed by atoms with E-state index in [9.17, 15) is 4.79 Å². The summed E-state index contributed by atoms with van der Waals surface area (Å²) in [4.78, 5) is 19.0. The highest BCUT2D eigenvalue weighted by atomic mass is 16.5. The number of ether oxygens (including phenoxy) is 1. The zero-order valence-electron chi connectivity index (χ0n) is 19.3. The Hall–Kier alpha value is -1.34. The molecule has 1 heterocycles. The molecule has 1 spiro atoms. The molecule has 1 amide bonds. The molecular weight excluding hydrogens is 378 g/mol. The van der Waals surface area contributed by atoms with Crippen LogP contribution in [-0.2, 0) is 9.53 Å². The first kappa shape index (κ1) is 23.3. The van der Waals surface area contributed by atoms with Crippen LogP contribution in [0.15, 0.2) is 4.99 Å². The maximum Gasteiger partial charge on any atom is 0.234 e. The number of carbonyl (C=O) groups is 1. The largest absolute Gasteiger partial charge is 0.378 e. The van der Waals surface area contributed by atoms with Crippen molar-refractivity contribution in [2.75, 3.05) is 39.3 Å². The van der Waals surface area contributed by atoms with Crippen molar-refractivity contribution in [2.24, 2.45) is 10.4 Å². The molecule has 1 saturated heterocycles. The normalized spacial score (nSPS) is 27.1. The van der Waals surface area contributed by atoms with Crippen molar-refractivity contribution in [3.8, 4) is 0 Å². The lowest BCUT2D eigenvalue weighted by Gasteiger charge is -2.54. The van der Waals surface area contributed by atoms with Crippen molar-refractivity contribution in [3.63, 3.8) is 0 Å². The fourth-order valence-electron chi connectivity index (χ4n) is 5.50. The second kappa shape index (κ2) is 11.3. The predicted octanol–water partition coefficient (Wildman–Crippen LogP) is 2.27. The van der Waals surface area contributed by atoms with Crippen LogP contribution in [0, 0.1) is 5.41 Å². The first-order valence-corrected chi connectivity index (χ1v) is 12.3. The first-order valence-electron chi connectivity index (χ1n) is 12.3. The summed E-state index contributed by atoms with van der Waals surface area (Å²) in [5, 5.41) is 10.4. The second-order valence-corrected chi connectivity index (χ2v) is 9.18. The van der Waals surface area contributed by atoms with E-state index in [2.05, 4.69) is 41.6 Å². The molecule has 3 fully saturated rings. The van der Waals surface area contributed by atoms with Crippen LogP contribution in [0.4, 0.5) is 0 Å². The smallest absolute Gasteiger partial charge is 0.234 e. The maximum absolute atomic E-state index is 12.0. The molecule has 7 heteroatoms. The van der Waals surface area contributed by atoms with Gasteiger partial charge in [0.2, 0.25) is 5.91 Å². The van der Waals surface area contributed by atoms with Crippen molar-refractivity contribution in [1.82, 2.24) is 20.9 Å². The second-order valence-electron chi connectivity index (χ2n) is 9.18. The molecule has 2 atom stereocenters. The Balaban J connectivity index is 1.47. The van der Waals surface area contributed by atoms with Gasteiger partial charge in [0.05, 0.1) is 12.6 Å². The molecule has 0 radical (unpaired) electrons. The molecule has 7 nitrogen and oxygen atoms in total. The van der Waals surface area contributed by atoms with Gasteiger partial charge in [-0.15, -0.1) is 0 Å². The van der Waals surface area contributed by atoms with Crippen LogP contribution in [0.5, 0.6) is 0 Å². The number of guanidine groups is 1. The number of nitrogens with one attached hydrogen (secondary N) is 3. The molecule has 2 aliphatic carbocycles. The van der Waals surface area contributed by atoms with Gasteiger partial charge in [-0.25, -0.2) is 0 Å². The molecule has 2 unspecified atom stereocenters. The minimum absolute atomic E-state index is 0.147. The average Bonchev–Trinajstić information content (AvgIpc) is 3.26. The third kappa shape index (κ3) is 5.67. The lowest BCUT2D eigenvalue weighted by atomic mass is 9.60. The highest BCUT2D eigenvalue weighted by molar-refractivity contribution is 5.81. The van der Waals surface area contributed by atoms with E-state index < -0.39 is 0 Å². The van der Waals surface area contributed by atoms with Gasteiger partial charge in [-0.2, -0.15) is 0 Å². The van der Waals surface area contributed by atoms with E-state index in [1.807, 2.05) is 0 Å². The first-order chi connectivity index (χ1) is 14.6. The molecule has 1 aliphatic heterocycles. The van der Waals surface area contributed by atoms with Gasteiger partial charge in [0.1, 0.15) is 0 Å². The van der Waals surface area contributed by atoms with E-state index in [4.69, 9.17) is 9.73 Å². The van der Waals surface area contributed by atoms with Crippen LogP contribution >= 0.6 is 0 Å². The number of rotatable bonds is 9. The minimum atomic E-state index is 0.147. The van der Waals surface area contributed by atoms with Crippen molar-refractivity contribution in [2.45, 2.75) is 90.3 Å². The van der Waals surface area contributed by atoms with Crippen LogP contribution in [0.2, 0.25) is 0 Å². The quantitative estimate of drug-likeness (QED) is 0.393. The number of piperidine rings is 1. The van der Waals surface area contributed by atoms with Gasteiger partial charge in [0, 0.05) is 50.3 Å². The number of hydrogen-bond donors (Lipinski definition) is 3. The molecule has 0 aromatic carbocycles. The number of hydrogen-bond acceptors (Lipinski definition) is 4. The average molecular weight is 422 g/mol. The van der Waals surface area contributed by atoms with Crippen LogP contribution in [0.3, 0.4) is 0 Å². The van der Waals surface area contributed by atoms with Crippen LogP contribution in [0.25, 0.3) is 0 Å². The lowest BCUT2D eigenvalue weighted by molar-refractivity contribution is -0.125. The van der Waals surface area contributed by atoms with E-state index >= 15 is 0 Å². The van der Waals surface area contributed by atoms with Crippen molar-refractivity contribution < 1.29 is 9.53 Å². The molecule has 0 bridgehead atoms. The molecule has 172 valence electrons. The Morgan fingerprint density at radius 1 is 1.13 bits per heavy atom. The summed E-state index contributed by atoms with van der Waals surface area (Å²) in [7, 11) is 0. The number of amides is 1. The fraction of sp³-hybridized carbons (Fsp3) is 0.913. The Morgan fingerprint density at radius 3 is 2.50 bits per heavy atom. The highest BCUT2D eigenvalue weighted by Crippen LogP contribution is 2.54. The van der Waals surface area contributed by atoms with Gasteiger partial charge in [-0.3, -0.25) is 14.7 Å². The standard InChI is InChI=1S/C23H43N5O2/c1-4-13-25-21(29)17-28-14-9-18(10-15-28)26-22(24-5-2)27-19-16-20(30-6-3)23(19)11-7-8-12-23/h18-20H,4-17H2,1-3H3,(H,25,29)(H2,24,26,27). The third-order valence-electron chi connectivity index (χ3n) is 7.18. The topological polar surface area (TPSA) is 78.0 Å². The fourth-order valence-corrected chi connectivity index (χ4v) is 5.50. The van der Waals surface area contributed by atoms with Crippen LogP contribution in [0.1, 0.15) is 72.1 Å². The van der Waals surface area contributed by atoms with Gasteiger partial charge in [-0.05, 0) is 52.4 Å². The van der Waals surface area contributed by atoms with E-state index in [0.717, 1.165) is 64.4 Å². The summed E-state index contributed by atoms with van der Waals surface area (Å²) in [5.41, 5.74) is 0.307. The highest BCUT2D eigenvalue weighted by Gasteiger charge is 2.57. The Kier molecular flexibility index (Phi) is 8.81. The summed E-state index contributed by atoms with van der Waals surface area (Å²) in [5.74, 6) is 1.11. The predicted molar refractivity (Wildman–Crippen MR) is 122 cm³/mol. The molecule has 30 heavy (non-hydrogen) atoms. The Labute approximate surface area is 182 Å². The Bertz CT molecular complexity index is 568. The van der Waals surface area contributed by atoms with Gasteiger partial charge in [0.25, 0.3) is 0 Å². The number of nitrogens with zero attached hydrogens (tertiary/aromatic N) is 2. The molecule has 3 N–H and O–H groups in total. The summed E-state index contributed by atoms with van der Waals surface area (Å²) in [6, 6.07) is 0.886. The van der Waals surface area contributed by atoms with E-state index in [1.54, 1.807) is 0 Å². The van der Waals surface area contributed by atoms with E-state index in [1.165, 1.54) is 25.7 Å². The number of aliphatic imine (C=N–C) groups is 1. The van der Waals surface area contributed by atoms with Crippen molar-refractivity contribution in [1.29, 1.82) is 0 Å². The summed E-state index contributed by atoms with van der Waals surface area (Å²) >= 11 is 0. The maximum atomic E-state index is 12.0. The number of likely N-dealkylation sites (tertiary alicyclic amines) is 1. The van der Waals surface area contributed by atoms with Crippen LogP contribution < -0.4 is 16.0 Å². The van der Waals surface area contributed by atoms with Crippen LogP contribution in [-0.4, -0.2) is 74.3 Å². The molecule has 0 aromatic heterocycles. The summed E-state index contributed by atoms with van der Waals surface area (Å²) < 4.78 is 6.07. The van der Waals surface area contributed by atoms with Gasteiger partial charge in [-0.1, -0.05) is 19.8 Å². The van der Waals surface area contributed by atoms with Gasteiger partial charge < -0.3 is 20.7 Å². The molecule has 3 rings (SSSR count). The van der Waals surface area contributed by atoms with Gasteiger partial charge >= 0.3 is 0 Å². The van der Waals surface area contributed by atoms with Gasteiger partial charge in [0.15, 0.2) is 5.96 Å². The van der Waals surface area contributed by atoms with Crippen molar-refractivity contribution >= 4 is 11.9 Å². The SMILES string of the molecule is CCCNC(=O)CN1CCC(NC(=NCC)NC2CC(OCC)C23CCCC3)CC1. The molecule has 3 aliphatic rings.